The normalized spacial score (nSPS) is 11.6. The number of aromatic nitrogens is 1. The molecular weight excluding hydrogens is 607 g/mol. The van der Waals surface area contributed by atoms with E-state index >= 15 is 0 Å². The van der Waals surface area contributed by atoms with Gasteiger partial charge in [0, 0.05) is 27.2 Å². The maximum absolute atomic E-state index is 6.39. The molecule has 0 bridgehead atoms. The number of benzene rings is 8. The summed E-state index contributed by atoms with van der Waals surface area (Å²) in [6.45, 7) is 0. The van der Waals surface area contributed by atoms with Gasteiger partial charge in [0.2, 0.25) is 0 Å². The monoisotopic (exact) mass is 637 g/mol. The zero-order chi connectivity index (χ0) is 33.0. The molecule has 10 aromatic rings. The van der Waals surface area contributed by atoms with Crippen LogP contribution in [-0.4, -0.2) is 4.57 Å². The molecule has 50 heavy (non-hydrogen) atoms. The second-order valence-corrected chi connectivity index (χ2v) is 13.0. The van der Waals surface area contributed by atoms with Crippen LogP contribution in [0.15, 0.2) is 192 Å². The summed E-state index contributed by atoms with van der Waals surface area (Å²) in [5, 5.41) is 4.71. The second kappa shape index (κ2) is 11.5. The Morgan fingerprint density at radius 1 is 0.280 bits per heavy atom. The Balaban J connectivity index is 1.08. The summed E-state index contributed by atoms with van der Waals surface area (Å²) in [5.41, 5.74) is 14.9. The van der Waals surface area contributed by atoms with Crippen molar-refractivity contribution in [2.75, 3.05) is 0 Å². The second-order valence-electron chi connectivity index (χ2n) is 13.0. The minimum absolute atomic E-state index is 0.888. The van der Waals surface area contributed by atoms with Gasteiger partial charge in [0.15, 0.2) is 0 Å². The summed E-state index contributed by atoms with van der Waals surface area (Å²) in [5.74, 6) is 0. The Kier molecular flexibility index (Phi) is 6.53. The largest absolute Gasteiger partial charge is 0.456 e. The highest BCUT2D eigenvalue weighted by molar-refractivity contribution is 6.12. The maximum Gasteiger partial charge on any atom is 0.135 e. The van der Waals surface area contributed by atoms with Gasteiger partial charge in [-0.1, -0.05) is 127 Å². The van der Waals surface area contributed by atoms with E-state index in [0.29, 0.717) is 0 Å². The van der Waals surface area contributed by atoms with Crippen molar-refractivity contribution in [3.05, 3.63) is 188 Å². The van der Waals surface area contributed by atoms with Crippen LogP contribution in [0, 0.1) is 0 Å². The van der Waals surface area contributed by atoms with Crippen molar-refractivity contribution < 1.29 is 4.42 Å². The molecule has 0 N–H and O–H groups in total. The average molecular weight is 638 g/mol. The zero-order valence-electron chi connectivity index (χ0n) is 27.3. The molecule has 2 heteroatoms. The van der Waals surface area contributed by atoms with E-state index in [-0.39, 0.29) is 0 Å². The van der Waals surface area contributed by atoms with E-state index in [9.17, 15) is 0 Å². The van der Waals surface area contributed by atoms with Crippen LogP contribution in [0.5, 0.6) is 0 Å². The molecule has 0 aliphatic rings. The number of furan rings is 1. The molecule has 0 atom stereocenters. The van der Waals surface area contributed by atoms with Crippen molar-refractivity contribution >= 4 is 43.7 Å². The van der Waals surface area contributed by atoms with Crippen LogP contribution in [0.3, 0.4) is 0 Å². The van der Waals surface area contributed by atoms with Gasteiger partial charge in [0.25, 0.3) is 0 Å². The molecule has 0 amide bonds. The van der Waals surface area contributed by atoms with E-state index in [1.807, 2.05) is 0 Å². The van der Waals surface area contributed by atoms with Gasteiger partial charge in [-0.15, -0.1) is 0 Å². The molecule has 234 valence electrons. The average Bonchev–Trinajstić information content (AvgIpc) is 3.73. The fraction of sp³-hybridized carbons (Fsp3) is 0. The van der Waals surface area contributed by atoms with Gasteiger partial charge in [-0.3, -0.25) is 0 Å². The van der Waals surface area contributed by atoms with Crippen LogP contribution < -0.4 is 0 Å². The number of nitrogens with zero attached hydrogens (tertiary/aromatic N) is 1. The van der Waals surface area contributed by atoms with Crippen LogP contribution in [-0.2, 0) is 0 Å². The number of hydrogen-bond acceptors (Lipinski definition) is 1. The van der Waals surface area contributed by atoms with Crippen LogP contribution in [0.25, 0.3) is 93.9 Å². The summed E-state index contributed by atoms with van der Waals surface area (Å²) in [6.07, 6.45) is 0. The van der Waals surface area contributed by atoms with Gasteiger partial charge in [0.1, 0.15) is 11.2 Å². The summed E-state index contributed by atoms with van der Waals surface area (Å²) >= 11 is 0. The minimum atomic E-state index is 0.888. The Morgan fingerprint density at radius 3 is 1.42 bits per heavy atom. The molecule has 0 unspecified atom stereocenters. The van der Waals surface area contributed by atoms with Crippen LogP contribution >= 0.6 is 0 Å². The van der Waals surface area contributed by atoms with Crippen molar-refractivity contribution in [3.63, 3.8) is 0 Å². The lowest BCUT2D eigenvalue weighted by Crippen LogP contribution is -1.93. The Labute approximate surface area is 290 Å². The molecule has 10 rings (SSSR count). The standard InChI is InChI=1S/C48H31NO/c1-3-11-32(12-4-1)34-15-9-16-35(27-34)36-17-10-18-37(28-36)39-22-25-47-43(30-39)44-31-40(23-26-48(44)50-47)49-45-20-8-7-19-41(45)42-29-38(21-24-46(42)49)33-13-5-2-6-14-33/h1-31H. The molecule has 8 aromatic carbocycles. The molecule has 2 nitrogen and oxygen atoms in total. The lowest BCUT2D eigenvalue weighted by Gasteiger charge is -2.09. The van der Waals surface area contributed by atoms with Crippen LogP contribution in [0.2, 0.25) is 0 Å². The molecular formula is C48H31NO. The van der Waals surface area contributed by atoms with Gasteiger partial charge in [0.05, 0.1) is 11.0 Å². The van der Waals surface area contributed by atoms with Crippen molar-refractivity contribution in [1.82, 2.24) is 4.57 Å². The highest BCUT2D eigenvalue weighted by atomic mass is 16.3. The fourth-order valence-corrected chi connectivity index (χ4v) is 7.53. The third kappa shape index (κ3) is 4.73. The van der Waals surface area contributed by atoms with Crippen molar-refractivity contribution in [2.45, 2.75) is 0 Å². The van der Waals surface area contributed by atoms with Crippen LogP contribution in [0.1, 0.15) is 0 Å². The van der Waals surface area contributed by atoms with Gasteiger partial charge >= 0.3 is 0 Å². The van der Waals surface area contributed by atoms with Crippen molar-refractivity contribution in [1.29, 1.82) is 0 Å². The van der Waals surface area contributed by atoms with Gasteiger partial charge in [-0.25, -0.2) is 0 Å². The maximum atomic E-state index is 6.39. The van der Waals surface area contributed by atoms with Gasteiger partial charge in [-0.2, -0.15) is 0 Å². The summed E-state index contributed by atoms with van der Waals surface area (Å²) in [4.78, 5) is 0. The molecule has 2 heterocycles. The molecule has 0 saturated carbocycles. The third-order valence-electron chi connectivity index (χ3n) is 9.99. The topological polar surface area (TPSA) is 18.1 Å². The quantitative estimate of drug-likeness (QED) is 0.184. The first-order chi connectivity index (χ1) is 24.8. The van der Waals surface area contributed by atoms with Gasteiger partial charge in [-0.05, 0) is 105 Å². The lowest BCUT2D eigenvalue weighted by atomic mass is 9.96. The number of fused-ring (bicyclic) bond motifs is 6. The fourth-order valence-electron chi connectivity index (χ4n) is 7.53. The predicted octanol–water partition coefficient (Wildman–Crippen LogP) is 13.4. The molecule has 0 spiro atoms. The summed E-state index contributed by atoms with van der Waals surface area (Å²) in [6, 6.07) is 67.4. The van der Waals surface area contributed by atoms with Crippen LogP contribution in [0.4, 0.5) is 0 Å². The molecule has 0 aliphatic carbocycles. The van der Waals surface area contributed by atoms with Crippen molar-refractivity contribution in [2.24, 2.45) is 0 Å². The molecule has 0 saturated heterocycles. The Bertz CT molecular complexity index is 2860. The SMILES string of the molecule is c1ccc(-c2cccc(-c3cccc(-c4ccc5oc6ccc(-n7c8ccccc8c8cc(-c9ccccc9)ccc87)cc6c5c4)c3)c2)cc1. The highest BCUT2D eigenvalue weighted by Crippen LogP contribution is 2.38. The molecule has 0 fully saturated rings. The smallest absolute Gasteiger partial charge is 0.135 e. The Hall–Kier alpha value is -6.64. The lowest BCUT2D eigenvalue weighted by molar-refractivity contribution is 0.669. The van der Waals surface area contributed by atoms with E-state index in [1.54, 1.807) is 0 Å². The van der Waals surface area contributed by atoms with E-state index in [4.69, 9.17) is 4.42 Å². The first-order valence-corrected chi connectivity index (χ1v) is 17.1. The summed E-state index contributed by atoms with van der Waals surface area (Å²) < 4.78 is 8.78. The predicted molar refractivity (Wildman–Crippen MR) is 210 cm³/mol. The first-order valence-electron chi connectivity index (χ1n) is 17.1. The zero-order valence-corrected chi connectivity index (χ0v) is 27.3. The van der Waals surface area contributed by atoms with E-state index < -0.39 is 0 Å². The molecule has 0 radical (unpaired) electrons. The van der Waals surface area contributed by atoms with Crippen molar-refractivity contribution in [3.8, 4) is 50.2 Å². The van der Waals surface area contributed by atoms with E-state index in [2.05, 4.69) is 193 Å². The third-order valence-corrected chi connectivity index (χ3v) is 9.99. The first kappa shape index (κ1) is 28.4. The Morgan fingerprint density at radius 2 is 0.740 bits per heavy atom. The number of rotatable bonds is 5. The number of para-hydroxylation sites is 1. The van der Waals surface area contributed by atoms with Gasteiger partial charge < -0.3 is 8.98 Å². The molecule has 0 aliphatic heterocycles. The minimum Gasteiger partial charge on any atom is -0.456 e. The van der Waals surface area contributed by atoms with E-state index in [0.717, 1.165) is 33.2 Å². The number of hydrogen-bond donors (Lipinski definition) is 0. The molecule has 2 aromatic heterocycles. The highest BCUT2D eigenvalue weighted by Gasteiger charge is 2.16. The summed E-state index contributed by atoms with van der Waals surface area (Å²) in [7, 11) is 0. The van der Waals surface area contributed by atoms with E-state index in [1.165, 1.54) is 60.8 Å².